The van der Waals surface area contributed by atoms with E-state index < -0.39 is 0 Å². The fraction of sp³-hybridized carbons (Fsp3) is 1.00. The largest absolute Gasteiger partial charge is 0.118 e. The third-order valence-electron chi connectivity index (χ3n) is 5.08. The van der Waals surface area contributed by atoms with Gasteiger partial charge in [0.2, 0.25) is 0 Å². The highest BCUT2D eigenvalue weighted by atomic mass is 14.5. The molecule has 0 N–H and O–H groups in total. The van der Waals surface area contributed by atoms with Crippen LogP contribution in [0.2, 0.25) is 23.3 Å². The molecule has 6 atom stereocenters. The molecule has 4 saturated heterocycles. The van der Waals surface area contributed by atoms with E-state index in [2.05, 4.69) is 14.6 Å². The predicted octanol–water partition coefficient (Wildman–Crippen LogP) is 2.40. The maximum Gasteiger partial charge on any atom is 0.118 e. The van der Waals surface area contributed by atoms with Gasteiger partial charge < -0.3 is 0 Å². The first kappa shape index (κ1) is 6.56. The Morgan fingerprint density at radius 1 is 0.583 bits per heavy atom. The summed E-state index contributed by atoms with van der Waals surface area (Å²) in [4.78, 5) is 0. The van der Waals surface area contributed by atoms with Crippen molar-refractivity contribution in [2.24, 2.45) is 11.8 Å². The Morgan fingerprint density at radius 2 is 0.917 bits per heavy atom. The SMILES string of the molecule is [B]1[C@@H]2CC[C@H]1C1C2[C@H]2[B][C@@H]1CC2. The van der Waals surface area contributed by atoms with Gasteiger partial charge >= 0.3 is 0 Å². The third kappa shape index (κ3) is 0.581. The lowest BCUT2D eigenvalue weighted by Crippen LogP contribution is -2.20. The van der Waals surface area contributed by atoms with Gasteiger partial charge in [0.1, 0.15) is 14.6 Å². The molecular formula is C10H14B2. The van der Waals surface area contributed by atoms with Gasteiger partial charge in [-0.25, -0.2) is 0 Å². The van der Waals surface area contributed by atoms with Gasteiger partial charge in [-0.2, -0.15) is 0 Å². The van der Waals surface area contributed by atoms with Crippen LogP contribution in [-0.4, -0.2) is 14.6 Å². The zero-order valence-corrected chi connectivity index (χ0v) is 7.45. The summed E-state index contributed by atoms with van der Waals surface area (Å²) in [6, 6.07) is 0. The van der Waals surface area contributed by atoms with Crippen LogP contribution in [0.25, 0.3) is 0 Å². The Kier molecular flexibility index (Phi) is 1.07. The first-order valence-electron chi connectivity index (χ1n) is 5.63. The minimum atomic E-state index is 1.05. The molecular weight excluding hydrogens is 142 g/mol. The topological polar surface area (TPSA) is 0 Å². The zero-order valence-electron chi connectivity index (χ0n) is 7.45. The molecule has 0 aromatic carbocycles. The highest BCUT2D eigenvalue weighted by Gasteiger charge is 2.59. The van der Waals surface area contributed by atoms with Crippen LogP contribution in [0.5, 0.6) is 0 Å². The first-order valence-corrected chi connectivity index (χ1v) is 5.63. The van der Waals surface area contributed by atoms with Crippen molar-refractivity contribution in [3.05, 3.63) is 0 Å². The summed E-state index contributed by atoms with van der Waals surface area (Å²) in [5, 5.41) is 0. The predicted molar refractivity (Wildman–Crippen MR) is 52.0 cm³/mol. The van der Waals surface area contributed by atoms with E-state index in [1.165, 1.54) is 25.7 Å². The van der Waals surface area contributed by atoms with Crippen LogP contribution < -0.4 is 0 Å². The Hall–Kier alpha value is 0.130. The van der Waals surface area contributed by atoms with Crippen LogP contribution >= 0.6 is 0 Å². The van der Waals surface area contributed by atoms with Crippen molar-refractivity contribution in [3.63, 3.8) is 0 Å². The maximum atomic E-state index is 2.72. The summed E-state index contributed by atoms with van der Waals surface area (Å²) >= 11 is 0. The van der Waals surface area contributed by atoms with Gasteiger partial charge in [0.25, 0.3) is 0 Å². The molecule has 60 valence electrons. The van der Waals surface area contributed by atoms with E-state index in [9.17, 15) is 0 Å². The lowest BCUT2D eigenvalue weighted by molar-refractivity contribution is 0.236. The molecule has 0 aliphatic carbocycles. The van der Waals surface area contributed by atoms with Crippen LogP contribution in [0.15, 0.2) is 0 Å². The molecule has 0 aromatic heterocycles. The summed E-state index contributed by atoms with van der Waals surface area (Å²) in [6.07, 6.45) is 6.12. The first-order chi connectivity index (χ1) is 5.93. The van der Waals surface area contributed by atoms with Gasteiger partial charge in [-0.3, -0.25) is 0 Å². The molecule has 2 unspecified atom stereocenters. The molecule has 0 spiro atoms. The van der Waals surface area contributed by atoms with Gasteiger partial charge in [0.05, 0.1) is 0 Å². The van der Waals surface area contributed by atoms with Crippen molar-refractivity contribution in [1.82, 2.24) is 0 Å². The Bertz CT molecular complexity index is 184. The summed E-state index contributed by atoms with van der Waals surface area (Å²) in [5.41, 5.74) is 0. The summed E-state index contributed by atoms with van der Waals surface area (Å²) < 4.78 is 0. The summed E-state index contributed by atoms with van der Waals surface area (Å²) in [7, 11) is 5.43. The number of fused-ring (bicyclic) bond motifs is 9. The average molecular weight is 156 g/mol. The highest BCUT2D eigenvalue weighted by Crippen LogP contribution is 2.70. The average Bonchev–Trinajstić information content (AvgIpc) is 2.83. The molecule has 4 aliphatic rings. The minimum Gasteiger partial charge on any atom is -0.0660 e. The van der Waals surface area contributed by atoms with Crippen LogP contribution in [0.3, 0.4) is 0 Å². The van der Waals surface area contributed by atoms with Gasteiger partial charge in [-0.1, -0.05) is 49.0 Å². The second-order valence-corrected chi connectivity index (χ2v) is 5.35. The summed E-state index contributed by atoms with van der Waals surface area (Å²) in [6.45, 7) is 0. The van der Waals surface area contributed by atoms with Crippen molar-refractivity contribution in [3.8, 4) is 0 Å². The van der Waals surface area contributed by atoms with Crippen molar-refractivity contribution in [1.29, 1.82) is 0 Å². The molecule has 4 rings (SSSR count). The van der Waals surface area contributed by atoms with E-state index in [0.717, 1.165) is 35.1 Å². The van der Waals surface area contributed by atoms with Crippen LogP contribution in [0, 0.1) is 11.8 Å². The molecule has 0 amide bonds. The van der Waals surface area contributed by atoms with Gasteiger partial charge in [-0.05, 0) is 11.8 Å². The second kappa shape index (κ2) is 1.96. The Morgan fingerprint density at radius 3 is 1.25 bits per heavy atom. The van der Waals surface area contributed by atoms with Crippen molar-refractivity contribution in [2.45, 2.75) is 49.0 Å². The molecule has 2 heteroatoms. The second-order valence-electron chi connectivity index (χ2n) is 5.35. The molecule has 4 bridgehead atoms. The van der Waals surface area contributed by atoms with Gasteiger partial charge in [0, 0.05) is 0 Å². The lowest BCUT2D eigenvalue weighted by Gasteiger charge is -2.36. The third-order valence-corrected chi connectivity index (χ3v) is 5.08. The van der Waals surface area contributed by atoms with E-state index in [0.29, 0.717) is 0 Å². The Balaban J connectivity index is 1.77. The Labute approximate surface area is 76.0 Å². The fourth-order valence-electron chi connectivity index (χ4n) is 4.85. The quantitative estimate of drug-likeness (QED) is 0.472. The van der Waals surface area contributed by atoms with Crippen LogP contribution in [0.1, 0.15) is 25.7 Å². The van der Waals surface area contributed by atoms with Crippen molar-refractivity contribution in [2.75, 3.05) is 0 Å². The van der Waals surface area contributed by atoms with Crippen LogP contribution in [-0.2, 0) is 0 Å². The maximum absolute atomic E-state index is 2.72. The molecule has 2 radical (unpaired) electrons. The fourth-order valence-corrected chi connectivity index (χ4v) is 4.85. The smallest absolute Gasteiger partial charge is 0.0660 e. The molecule has 0 aromatic rings. The molecule has 4 aliphatic heterocycles. The molecule has 12 heavy (non-hydrogen) atoms. The lowest BCUT2D eigenvalue weighted by atomic mass is 9.55. The molecule has 4 fully saturated rings. The molecule has 4 heterocycles. The van der Waals surface area contributed by atoms with E-state index >= 15 is 0 Å². The number of rotatable bonds is 0. The van der Waals surface area contributed by atoms with Crippen LogP contribution in [0.4, 0.5) is 0 Å². The monoisotopic (exact) mass is 156 g/mol. The zero-order chi connectivity index (χ0) is 7.71. The normalized spacial score (nSPS) is 64.7. The van der Waals surface area contributed by atoms with E-state index in [4.69, 9.17) is 0 Å². The van der Waals surface area contributed by atoms with Gasteiger partial charge in [-0.15, -0.1) is 0 Å². The van der Waals surface area contributed by atoms with E-state index in [1.807, 2.05) is 0 Å². The highest BCUT2D eigenvalue weighted by molar-refractivity contribution is 6.48. The summed E-state index contributed by atoms with van der Waals surface area (Å²) in [5.74, 6) is 6.45. The minimum absolute atomic E-state index is 1.05. The van der Waals surface area contributed by atoms with Gasteiger partial charge in [0.15, 0.2) is 0 Å². The van der Waals surface area contributed by atoms with Crippen molar-refractivity contribution < 1.29 is 0 Å². The van der Waals surface area contributed by atoms with E-state index in [1.54, 1.807) is 0 Å². The number of hydrogen-bond acceptors (Lipinski definition) is 0. The van der Waals surface area contributed by atoms with Crippen molar-refractivity contribution >= 4 is 14.6 Å². The molecule has 0 saturated carbocycles. The number of hydrogen-bond donors (Lipinski definition) is 0. The van der Waals surface area contributed by atoms with E-state index in [-0.39, 0.29) is 0 Å². The standard InChI is InChI=1S/C10H14B2/c1-2-6-10-8-4-3-7(12-8)9(10)5(1)11-6/h5-10H,1-4H2/t5-,6+,7+,8-,9?,10?. The molecule has 0 nitrogen and oxygen atoms in total.